The molecule has 6 rings (SSSR count). The molecule has 6 fully saturated rings. The van der Waals surface area contributed by atoms with Crippen molar-refractivity contribution >= 4 is 5.91 Å². The number of carbonyl (C=O) groups excluding carboxylic acids is 1. The molecule has 0 spiro atoms. The van der Waals surface area contributed by atoms with Gasteiger partial charge in [0.15, 0.2) is 0 Å². The van der Waals surface area contributed by atoms with Crippen LogP contribution in [0.15, 0.2) is 0 Å². The Balaban J connectivity index is 1.19. The van der Waals surface area contributed by atoms with Gasteiger partial charge >= 0.3 is 0 Å². The molecule has 24 heavy (non-hydrogen) atoms. The van der Waals surface area contributed by atoms with Crippen LogP contribution >= 0.6 is 0 Å². The predicted molar refractivity (Wildman–Crippen MR) is 95.6 cm³/mol. The van der Waals surface area contributed by atoms with E-state index >= 15 is 0 Å². The Morgan fingerprint density at radius 2 is 1.67 bits per heavy atom. The van der Waals surface area contributed by atoms with Crippen molar-refractivity contribution in [3.63, 3.8) is 0 Å². The number of carbonyl (C=O) groups is 1. The van der Waals surface area contributed by atoms with E-state index in [4.69, 9.17) is 0 Å². The normalized spacial score (nSPS) is 44.7. The summed E-state index contributed by atoms with van der Waals surface area (Å²) in [5, 5.41) is 3.16. The van der Waals surface area contributed by atoms with E-state index in [-0.39, 0.29) is 0 Å². The van der Waals surface area contributed by atoms with E-state index in [0.717, 1.165) is 36.5 Å². The largest absolute Gasteiger partial charge is 0.353 e. The molecular formula is C21H34N2O. The molecule has 1 N–H and O–H groups in total. The summed E-state index contributed by atoms with van der Waals surface area (Å²) in [6.45, 7) is 2.61. The number of likely N-dealkylation sites (tertiary alicyclic amines) is 1. The van der Waals surface area contributed by atoms with Gasteiger partial charge in [0.05, 0.1) is 0 Å². The molecule has 1 aliphatic heterocycles. The van der Waals surface area contributed by atoms with Gasteiger partial charge in [0.1, 0.15) is 0 Å². The summed E-state index contributed by atoms with van der Waals surface area (Å²) in [4.78, 5) is 14.9. The molecule has 6 aliphatic rings. The predicted octanol–water partition coefficient (Wildman–Crippen LogP) is 3.73. The molecule has 1 heterocycles. The van der Waals surface area contributed by atoms with Gasteiger partial charge in [0, 0.05) is 24.5 Å². The van der Waals surface area contributed by atoms with E-state index in [2.05, 4.69) is 10.2 Å². The minimum absolute atomic E-state index is 0.310. The van der Waals surface area contributed by atoms with Crippen LogP contribution in [0.4, 0.5) is 0 Å². The Bertz CT molecular complexity index is 463. The Morgan fingerprint density at radius 1 is 1.00 bits per heavy atom. The molecule has 3 heteroatoms. The van der Waals surface area contributed by atoms with Crippen LogP contribution < -0.4 is 5.32 Å². The second kappa shape index (κ2) is 6.00. The van der Waals surface area contributed by atoms with Crippen molar-refractivity contribution in [3.8, 4) is 0 Å². The number of piperidine rings is 1. The summed E-state index contributed by atoms with van der Waals surface area (Å²) < 4.78 is 0. The van der Waals surface area contributed by atoms with Crippen LogP contribution in [0.1, 0.15) is 77.0 Å². The van der Waals surface area contributed by atoms with Gasteiger partial charge in [-0.05, 0) is 101 Å². The maximum Gasteiger partial charge on any atom is 0.220 e. The van der Waals surface area contributed by atoms with Gasteiger partial charge in [0.25, 0.3) is 0 Å². The highest BCUT2D eigenvalue weighted by Gasteiger charge is 2.53. The average molecular weight is 331 g/mol. The number of nitrogens with one attached hydrogen (secondary N) is 1. The second-order valence-electron chi connectivity index (χ2n) is 9.98. The van der Waals surface area contributed by atoms with Gasteiger partial charge in [-0.3, -0.25) is 9.69 Å². The van der Waals surface area contributed by atoms with Gasteiger partial charge in [-0.25, -0.2) is 0 Å². The number of nitrogens with zero attached hydrogens (tertiary/aromatic N) is 1. The molecule has 0 aromatic carbocycles. The second-order valence-corrected chi connectivity index (χ2v) is 9.98. The summed E-state index contributed by atoms with van der Waals surface area (Å²) in [6.07, 6.45) is 16.1. The molecule has 0 aromatic heterocycles. The first-order chi connectivity index (χ1) is 11.7. The van der Waals surface area contributed by atoms with Crippen molar-refractivity contribution in [1.29, 1.82) is 0 Å². The topological polar surface area (TPSA) is 32.3 Å². The van der Waals surface area contributed by atoms with Crippen molar-refractivity contribution in [2.24, 2.45) is 23.7 Å². The molecule has 1 atom stereocenters. The van der Waals surface area contributed by atoms with E-state index in [1.54, 1.807) is 0 Å². The summed E-state index contributed by atoms with van der Waals surface area (Å²) in [5.74, 6) is 4.20. The summed E-state index contributed by atoms with van der Waals surface area (Å²) in [7, 11) is 0. The maximum absolute atomic E-state index is 12.0. The molecule has 1 saturated heterocycles. The lowest BCUT2D eigenvalue weighted by Gasteiger charge is -2.61. The molecule has 0 aromatic rings. The van der Waals surface area contributed by atoms with Crippen molar-refractivity contribution in [1.82, 2.24) is 10.2 Å². The van der Waals surface area contributed by atoms with E-state index in [0.29, 0.717) is 17.5 Å². The third-order valence-corrected chi connectivity index (χ3v) is 7.92. The highest BCUT2D eigenvalue weighted by atomic mass is 16.1. The zero-order valence-corrected chi connectivity index (χ0v) is 15.1. The number of rotatable bonds is 5. The van der Waals surface area contributed by atoms with E-state index in [9.17, 15) is 4.79 Å². The van der Waals surface area contributed by atoms with Crippen LogP contribution in [-0.4, -0.2) is 35.5 Å². The molecule has 0 radical (unpaired) electrons. The number of hydrogen-bond donors (Lipinski definition) is 1. The summed E-state index contributed by atoms with van der Waals surface area (Å²) in [6, 6.07) is 0.521. The summed E-state index contributed by atoms with van der Waals surface area (Å²) in [5.41, 5.74) is 0.573. The third kappa shape index (κ3) is 3.02. The van der Waals surface area contributed by atoms with E-state index in [1.165, 1.54) is 77.3 Å². The van der Waals surface area contributed by atoms with Crippen molar-refractivity contribution in [2.75, 3.05) is 13.1 Å². The molecule has 3 nitrogen and oxygen atoms in total. The number of amides is 1. The molecule has 1 unspecified atom stereocenters. The highest BCUT2D eigenvalue weighted by molar-refractivity contribution is 5.76. The zero-order chi connectivity index (χ0) is 16.1. The highest BCUT2D eigenvalue weighted by Crippen LogP contribution is 2.58. The molecule has 1 amide bonds. The SMILES string of the molecule is O=C(CCC1CCCN(C23CC4CC(CC(C4)C2)C3)C1)NC1CC1. The zero-order valence-electron chi connectivity index (χ0n) is 15.1. The van der Waals surface area contributed by atoms with Crippen LogP contribution in [0.3, 0.4) is 0 Å². The molecule has 4 bridgehead atoms. The standard InChI is InChI=1S/C21H34N2O/c24-20(22-19-4-5-19)6-3-15-2-1-7-23(14-15)21-11-16-8-17(12-21)10-18(9-16)13-21/h15-19H,1-14H2,(H,22,24). The monoisotopic (exact) mass is 330 g/mol. The van der Waals surface area contributed by atoms with Gasteiger partial charge in [-0.2, -0.15) is 0 Å². The van der Waals surface area contributed by atoms with Gasteiger partial charge in [-0.1, -0.05) is 0 Å². The molecule has 5 saturated carbocycles. The molecule has 134 valence electrons. The van der Waals surface area contributed by atoms with E-state index in [1.807, 2.05) is 0 Å². The van der Waals surface area contributed by atoms with Gasteiger partial charge in [-0.15, -0.1) is 0 Å². The Morgan fingerprint density at radius 3 is 2.29 bits per heavy atom. The Kier molecular flexibility index (Phi) is 3.92. The van der Waals surface area contributed by atoms with Crippen LogP contribution in [0, 0.1) is 23.7 Å². The maximum atomic E-state index is 12.0. The quantitative estimate of drug-likeness (QED) is 0.833. The summed E-state index contributed by atoms with van der Waals surface area (Å²) >= 11 is 0. The molecule has 5 aliphatic carbocycles. The third-order valence-electron chi connectivity index (χ3n) is 7.92. The lowest BCUT2D eigenvalue weighted by Crippen LogP contribution is -2.61. The van der Waals surface area contributed by atoms with Crippen molar-refractivity contribution < 1.29 is 4.79 Å². The van der Waals surface area contributed by atoms with Crippen molar-refractivity contribution in [2.45, 2.75) is 88.6 Å². The van der Waals surface area contributed by atoms with Gasteiger partial charge in [0.2, 0.25) is 5.91 Å². The fourth-order valence-corrected chi connectivity index (χ4v) is 7.05. The van der Waals surface area contributed by atoms with Crippen LogP contribution in [0.25, 0.3) is 0 Å². The lowest BCUT2D eigenvalue weighted by atomic mass is 9.52. The fraction of sp³-hybridized carbons (Fsp3) is 0.952. The van der Waals surface area contributed by atoms with Gasteiger partial charge < -0.3 is 5.32 Å². The first-order valence-corrected chi connectivity index (χ1v) is 10.7. The fourth-order valence-electron chi connectivity index (χ4n) is 7.05. The lowest BCUT2D eigenvalue weighted by molar-refractivity contribution is -0.122. The average Bonchev–Trinajstić information content (AvgIpc) is 3.36. The first kappa shape index (κ1) is 15.7. The minimum Gasteiger partial charge on any atom is -0.353 e. The van der Waals surface area contributed by atoms with E-state index < -0.39 is 0 Å². The van der Waals surface area contributed by atoms with Crippen LogP contribution in [0.5, 0.6) is 0 Å². The Hall–Kier alpha value is -0.570. The van der Waals surface area contributed by atoms with Crippen LogP contribution in [-0.2, 0) is 4.79 Å². The minimum atomic E-state index is 0.310. The number of hydrogen-bond acceptors (Lipinski definition) is 2. The van der Waals surface area contributed by atoms with Crippen molar-refractivity contribution in [3.05, 3.63) is 0 Å². The first-order valence-electron chi connectivity index (χ1n) is 10.7. The van der Waals surface area contributed by atoms with Crippen LogP contribution in [0.2, 0.25) is 0 Å². The Labute approximate surface area is 146 Å². The molecular weight excluding hydrogens is 296 g/mol. The smallest absolute Gasteiger partial charge is 0.220 e.